The molecule has 0 spiro atoms. The zero-order chi connectivity index (χ0) is 17.7. The summed E-state index contributed by atoms with van der Waals surface area (Å²) in [5.41, 5.74) is 0.447. The maximum Gasteiger partial charge on any atom is 0.338 e. The Balaban J connectivity index is 2.01. The van der Waals surface area contributed by atoms with Gasteiger partial charge in [-0.2, -0.15) is 0 Å². The average Bonchev–Trinajstić information content (AvgIpc) is 2.54. The molecule has 0 radical (unpaired) electrons. The van der Waals surface area contributed by atoms with Crippen molar-refractivity contribution in [3.63, 3.8) is 0 Å². The van der Waals surface area contributed by atoms with Gasteiger partial charge in [0.2, 0.25) is 0 Å². The number of benzene rings is 2. The minimum Gasteiger partial charge on any atom is -0.452 e. The molecule has 2 rings (SSSR count). The lowest BCUT2D eigenvalue weighted by Crippen LogP contribution is -2.21. The highest BCUT2D eigenvalue weighted by Crippen LogP contribution is 2.25. The monoisotopic (exact) mass is 367 g/mol. The number of rotatable bonds is 5. The number of anilines is 1. The SMILES string of the molecule is CS(=O)(=O)c1ccc(Cl)c(NC(=O)COC(=O)c2ccccc2)c1. The third-order valence-corrected chi connectivity index (χ3v) is 4.42. The first-order valence-electron chi connectivity index (χ1n) is 6.79. The highest BCUT2D eigenvalue weighted by molar-refractivity contribution is 7.90. The topological polar surface area (TPSA) is 89.5 Å². The normalized spacial score (nSPS) is 10.9. The molecule has 0 saturated carbocycles. The molecule has 126 valence electrons. The molecule has 2 aromatic rings. The Morgan fingerprint density at radius 3 is 2.42 bits per heavy atom. The van der Waals surface area contributed by atoms with E-state index in [4.69, 9.17) is 16.3 Å². The van der Waals surface area contributed by atoms with Crippen LogP contribution in [0, 0.1) is 0 Å². The van der Waals surface area contributed by atoms with Crippen LogP contribution in [0.3, 0.4) is 0 Å². The highest BCUT2D eigenvalue weighted by atomic mass is 35.5. The minimum absolute atomic E-state index is 0.0171. The predicted molar refractivity (Wildman–Crippen MR) is 89.9 cm³/mol. The fourth-order valence-corrected chi connectivity index (χ4v) is 2.62. The number of sulfone groups is 1. The Hall–Kier alpha value is -2.38. The lowest BCUT2D eigenvalue weighted by molar-refractivity contribution is -0.119. The van der Waals surface area contributed by atoms with Crippen molar-refractivity contribution in [1.82, 2.24) is 0 Å². The number of carbonyl (C=O) groups excluding carboxylic acids is 2. The second-order valence-corrected chi connectivity index (χ2v) is 7.33. The number of ether oxygens (including phenoxy) is 1. The van der Waals surface area contributed by atoms with Gasteiger partial charge >= 0.3 is 5.97 Å². The van der Waals surface area contributed by atoms with Crippen molar-refractivity contribution < 1.29 is 22.7 Å². The average molecular weight is 368 g/mol. The lowest BCUT2D eigenvalue weighted by atomic mass is 10.2. The first-order chi connectivity index (χ1) is 11.3. The van der Waals surface area contributed by atoms with Gasteiger partial charge in [0.1, 0.15) is 0 Å². The summed E-state index contributed by atoms with van der Waals surface area (Å²) in [6.45, 7) is -0.521. The molecule has 0 bridgehead atoms. The van der Waals surface area contributed by atoms with E-state index in [9.17, 15) is 18.0 Å². The summed E-state index contributed by atoms with van der Waals surface area (Å²) >= 11 is 5.93. The van der Waals surface area contributed by atoms with Gasteiger partial charge in [-0.25, -0.2) is 13.2 Å². The van der Waals surface area contributed by atoms with Crippen LogP contribution in [0.1, 0.15) is 10.4 Å². The first kappa shape index (κ1) is 18.0. The third-order valence-electron chi connectivity index (χ3n) is 2.98. The lowest BCUT2D eigenvalue weighted by Gasteiger charge is -2.09. The molecule has 0 unspecified atom stereocenters. The number of amides is 1. The molecule has 0 fully saturated rings. The number of esters is 1. The molecule has 2 aromatic carbocycles. The zero-order valence-electron chi connectivity index (χ0n) is 12.7. The van der Waals surface area contributed by atoms with E-state index >= 15 is 0 Å². The minimum atomic E-state index is -3.43. The van der Waals surface area contributed by atoms with Crippen LogP contribution in [-0.4, -0.2) is 33.2 Å². The van der Waals surface area contributed by atoms with E-state index in [1.807, 2.05) is 0 Å². The van der Waals surface area contributed by atoms with Crippen LogP contribution in [0.25, 0.3) is 0 Å². The fourth-order valence-electron chi connectivity index (χ4n) is 1.81. The maximum absolute atomic E-state index is 11.9. The molecule has 6 nitrogen and oxygen atoms in total. The van der Waals surface area contributed by atoms with Crippen molar-refractivity contribution in [3.05, 3.63) is 59.1 Å². The van der Waals surface area contributed by atoms with Gasteiger partial charge in [0.15, 0.2) is 16.4 Å². The van der Waals surface area contributed by atoms with Gasteiger partial charge in [-0.05, 0) is 30.3 Å². The second kappa shape index (κ2) is 7.46. The van der Waals surface area contributed by atoms with Gasteiger partial charge in [-0.1, -0.05) is 29.8 Å². The van der Waals surface area contributed by atoms with Crippen LogP contribution in [0.5, 0.6) is 0 Å². The molecule has 0 aliphatic carbocycles. The van der Waals surface area contributed by atoms with Crippen molar-refractivity contribution in [1.29, 1.82) is 0 Å². The molecule has 0 heterocycles. The Labute approximate surface area is 144 Å². The molecule has 0 aliphatic rings. The Kier molecular flexibility index (Phi) is 5.58. The molecule has 1 amide bonds. The largest absolute Gasteiger partial charge is 0.452 e. The van der Waals surface area contributed by atoms with Crippen LogP contribution in [-0.2, 0) is 19.4 Å². The predicted octanol–water partition coefficient (Wildman–Crippen LogP) is 2.54. The van der Waals surface area contributed by atoms with Crippen LogP contribution >= 0.6 is 11.6 Å². The van der Waals surface area contributed by atoms with E-state index in [1.54, 1.807) is 30.3 Å². The molecule has 0 aliphatic heterocycles. The van der Waals surface area contributed by atoms with Crippen LogP contribution in [0.2, 0.25) is 5.02 Å². The smallest absolute Gasteiger partial charge is 0.338 e. The third kappa shape index (κ3) is 4.81. The van der Waals surface area contributed by atoms with Crippen LogP contribution in [0.4, 0.5) is 5.69 Å². The van der Waals surface area contributed by atoms with Crippen molar-refractivity contribution >= 4 is 39.0 Å². The standard InChI is InChI=1S/C16H14ClNO5S/c1-24(21,22)12-7-8-13(17)14(9-12)18-15(19)10-23-16(20)11-5-3-2-4-6-11/h2-9H,10H2,1H3,(H,18,19). The van der Waals surface area contributed by atoms with Gasteiger partial charge in [0.05, 0.1) is 21.2 Å². The molecule has 0 saturated heterocycles. The van der Waals surface area contributed by atoms with E-state index < -0.39 is 28.3 Å². The van der Waals surface area contributed by atoms with E-state index in [0.717, 1.165) is 6.26 Å². The first-order valence-corrected chi connectivity index (χ1v) is 9.06. The van der Waals surface area contributed by atoms with Gasteiger partial charge < -0.3 is 10.1 Å². The Morgan fingerprint density at radius 1 is 1.12 bits per heavy atom. The molecular weight excluding hydrogens is 354 g/mol. The van der Waals surface area contributed by atoms with Gasteiger partial charge in [-0.3, -0.25) is 4.79 Å². The second-order valence-electron chi connectivity index (χ2n) is 4.90. The summed E-state index contributed by atoms with van der Waals surface area (Å²) in [4.78, 5) is 23.6. The van der Waals surface area contributed by atoms with E-state index in [-0.39, 0.29) is 15.6 Å². The van der Waals surface area contributed by atoms with E-state index in [1.165, 1.54) is 18.2 Å². The number of hydrogen-bond acceptors (Lipinski definition) is 5. The van der Waals surface area contributed by atoms with E-state index in [0.29, 0.717) is 5.56 Å². The van der Waals surface area contributed by atoms with Crippen LogP contribution < -0.4 is 5.32 Å². The van der Waals surface area contributed by atoms with E-state index in [2.05, 4.69) is 5.32 Å². The highest BCUT2D eigenvalue weighted by Gasteiger charge is 2.14. The quantitative estimate of drug-likeness (QED) is 0.820. The molecular formula is C16H14ClNO5S. The number of hydrogen-bond donors (Lipinski definition) is 1. The summed E-state index contributed by atoms with van der Waals surface area (Å²) < 4.78 is 27.9. The molecule has 0 aromatic heterocycles. The zero-order valence-corrected chi connectivity index (χ0v) is 14.2. The molecule has 24 heavy (non-hydrogen) atoms. The molecule has 0 atom stereocenters. The molecule has 8 heteroatoms. The van der Waals surface area contributed by atoms with Crippen molar-refractivity contribution in [2.75, 3.05) is 18.2 Å². The van der Waals surface area contributed by atoms with Gasteiger partial charge in [0.25, 0.3) is 5.91 Å². The Bertz CT molecular complexity index is 865. The van der Waals surface area contributed by atoms with Crippen molar-refractivity contribution in [2.24, 2.45) is 0 Å². The van der Waals surface area contributed by atoms with Crippen molar-refractivity contribution in [3.8, 4) is 0 Å². The molecule has 1 N–H and O–H groups in total. The summed E-state index contributed by atoms with van der Waals surface area (Å²) in [6, 6.07) is 12.2. The maximum atomic E-state index is 11.9. The fraction of sp³-hybridized carbons (Fsp3) is 0.125. The number of carbonyl (C=O) groups is 2. The van der Waals surface area contributed by atoms with Crippen molar-refractivity contribution in [2.45, 2.75) is 4.90 Å². The number of nitrogens with one attached hydrogen (secondary N) is 1. The number of halogens is 1. The summed E-state index contributed by atoms with van der Waals surface area (Å²) in [5, 5.41) is 2.59. The van der Waals surface area contributed by atoms with Gasteiger partial charge in [-0.15, -0.1) is 0 Å². The van der Waals surface area contributed by atoms with Gasteiger partial charge in [0, 0.05) is 6.26 Å². The Morgan fingerprint density at radius 2 is 1.79 bits per heavy atom. The summed E-state index contributed by atoms with van der Waals surface area (Å²) in [6.07, 6.45) is 1.05. The summed E-state index contributed by atoms with van der Waals surface area (Å²) in [5.74, 6) is -1.27. The van der Waals surface area contributed by atoms with Crippen LogP contribution in [0.15, 0.2) is 53.4 Å². The summed E-state index contributed by atoms with van der Waals surface area (Å²) in [7, 11) is -3.43.